The fourth-order valence-electron chi connectivity index (χ4n) is 4.56. The van der Waals surface area contributed by atoms with Crippen LogP contribution in [-0.2, 0) is 31.5 Å². The average Bonchev–Trinajstić information content (AvgIpc) is 3.26. The molecule has 2 aromatic rings. The first-order valence-corrected chi connectivity index (χ1v) is 18.2. The van der Waals surface area contributed by atoms with Crippen LogP contribution in [0.5, 0.6) is 0 Å². The number of benzene rings is 2. The molecule has 3 heterocycles. The average molecular weight is 658 g/mol. The molecular weight excluding hydrogens is 644 g/mol. The van der Waals surface area contributed by atoms with Gasteiger partial charge in [0.2, 0.25) is 0 Å². The second kappa shape index (κ2) is 8.71. The number of amides is 4. The molecular formula is C24H14As2F6N2O4. The van der Waals surface area contributed by atoms with E-state index in [4.69, 9.17) is 0 Å². The van der Waals surface area contributed by atoms with Crippen LogP contribution < -0.4 is 9.80 Å². The number of imide groups is 2. The number of hydrogen-bond donors (Lipinski definition) is 0. The Bertz CT molecular complexity index is 1360. The number of anilines is 2. The summed E-state index contributed by atoms with van der Waals surface area (Å²) in [6.45, 7) is 0. The van der Waals surface area contributed by atoms with Crippen molar-refractivity contribution in [2.24, 2.45) is 0 Å². The summed E-state index contributed by atoms with van der Waals surface area (Å²) in [6, 6.07) is 7.48. The summed E-state index contributed by atoms with van der Waals surface area (Å²) in [4.78, 5) is 55.0. The van der Waals surface area contributed by atoms with Crippen LogP contribution >= 0.6 is 0 Å². The van der Waals surface area contributed by atoms with Gasteiger partial charge in [-0.25, -0.2) is 0 Å². The van der Waals surface area contributed by atoms with Crippen LogP contribution in [-0.4, -0.2) is 52.9 Å². The molecule has 0 N–H and O–H groups in total. The second-order valence-electron chi connectivity index (χ2n) is 8.50. The van der Waals surface area contributed by atoms with E-state index in [1.165, 1.54) is 12.1 Å². The maximum absolute atomic E-state index is 13.4. The number of hydrogen-bond acceptors (Lipinski definition) is 4. The van der Waals surface area contributed by atoms with Gasteiger partial charge in [0.1, 0.15) is 0 Å². The third-order valence-corrected chi connectivity index (χ3v) is 17.0. The van der Waals surface area contributed by atoms with Gasteiger partial charge in [-0.3, -0.25) is 0 Å². The molecule has 0 saturated heterocycles. The Morgan fingerprint density at radius 2 is 0.842 bits per heavy atom. The van der Waals surface area contributed by atoms with E-state index >= 15 is 0 Å². The van der Waals surface area contributed by atoms with Crippen molar-refractivity contribution >= 4 is 64.3 Å². The van der Waals surface area contributed by atoms with E-state index in [9.17, 15) is 45.5 Å². The zero-order valence-electron chi connectivity index (χ0n) is 19.3. The van der Waals surface area contributed by atoms with E-state index in [-0.39, 0.29) is 28.8 Å². The number of nitrogens with zero attached hydrogens (tertiary/aromatic N) is 2. The normalized spacial score (nSPS) is 22.1. The van der Waals surface area contributed by atoms with Crippen molar-refractivity contribution in [3.63, 3.8) is 0 Å². The van der Waals surface area contributed by atoms with E-state index in [1.54, 1.807) is 11.4 Å². The van der Waals surface area contributed by atoms with E-state index in [0.717, 1.165) is 24.3 Å². The van der Waals surface area contributed by atoms with Crippen LogP contribution in [0.4, 0.5) is 37.7 Å². The summed E-state index contributed by atoms with van der Waals surface area (Å²) in [5.41, 5.74) is 0.441. The fraction of sp³-hybridized carbons (Fsp3) is 0.167. The van der Waals surface area contributed by atoms with Crippen LogP contribution in [0.25, 0.3) is 0 Å². The summed E-state index contributed by atoms with van der Waals surface area (Å²) < 4.78 is 79.7. The zero-order valence-corrected chi connectivity index (χ0v) is 23.1. The molecule has 38 heavy (non-hydrogen) atoms. The molecule has 0 aliphatic carbocycles. The standard InChI is InChI=1S/C24H14As2F6N2O4/c1-25-15-17(21(37)33(19(15)35)13-7-3-5-11(9-13)23(27,28)29)26(2)18-16(25)20(36)34(22(18)38)14-8-4-6-12(10-14)24(30,31)32/h3-10H,1-2H3. The molecule has 0 bridgehead atoms. The number of carbonyl (C=O) groups excluding carboxylic acids is 4. The SMILES string of the molecule is C[As]1C2=C(C(=O)N(c3cccc(C(F)(F)F)c3)C2=O)[As](C)C2=C1C(=O)N(c1cccc(C(F)(F)F)c1)C2=O. The van der Waals surface area contributed by atoms with Crippen molar-refractivity contribution in [3.8, 4) is 0 Å². The van der Waals surface area contributed by atoms with E-state index in [1.807, 2.05) is 0 Å². The van der Waals surface area contributed by atoms with Crippen molar-refractivity contribution in [1.82, 2.24) is 0 Å². The van der Waals surface area contributed by atoms with Gasteiger partial charge in [-0.15, -0.1) is 0 Å². The second-order valence-corrected chi connectivity index (χ2v) is 16.9. The molecule has 0 aromatic heterocycles. The molecule has 0 radical (unpaired) electrons. The van der Waals surface area contributed by atoms with Crippen molar-refractivity contribution in [3.05, 3.63) is 77.1 Å². The van der Waals surface area contributed by atoms with Gasteiger partial charge in [-0.1, -0.05) is 0 Å². The molecule has 2 aromatic carbocycles. The summed E-state index contributed by atoms with van der Waals surface area (Å²) in [6.07, 6.45) is -9.43. The monoisotopic (exact) mass is 658 g/mol. The number of rotatable bonds is 2. The Hall–Kier alpha value is -3.10. The van der Waals surface area contributed by atoms with Crippen molar-refractivity contribution < 1.29 is 45.5 Å². The van der Waals surface area contributed by atoms with E-state index < -0.39 is 76.4 Å². The Morgan fingerprint density at radius 1 is 0.553 bits per heavy atom. The summed E-state index contributed by atoms with van der Waals surface area (Å²) >= 11 is -5.85. The topological polar surface area (TPSA) is 74.8 Å². The third kappa shape index (κ3) is 3.88. The molecule has 196 valence electrons. The number of halogens is 6. The Kier molecular flexibility index (Phi) is 6.07. The zero-order chi connectivity index (χ0) is 27.9. The van der Waals surface area contributed by atoms with Crippen molar-refractivity contribution in [2.75, 3.05) is 9.80 Å². The molecule has 14 heteroatoms. The summed E-state index contributed by atoms with van der Waals surface area (Å²) in [5, 5.41) is 0. The van der Waals surface area contributed by atoms with Gasteiger partial charge >= 0.3 is 221 Å². The van der Waals surface area contributed by atoms with Gasteiger partial charge < -0.3 is 0 Å². The number of alkyl halides is 6. The predicted molar refractivity (Wildman–Crippen MR) is 125 cm³/mol. The maximum atomic E-state index is 13.4. The van der Waals surface area contributed by atoms with Gasteiger partial charge in [0.15, 0.2) is 0 Å². The minimum atomic E-state index is -4.71. The Balaban J connectivity index is 1.53. The van der Waals surface area contributed by atoms with Crippen LogP contribution in [0.15, 0.2) is 66.0 Å². The fourth-order valence-corrected chi connectivity index (χ4v) is 18.8. The van der Waals surface area contributed by atoms with Gasteiger partial charge in [0, 0.05) is 0 Å². The van der Waals surface area contributed by atoms with Crippen LogP contribution in [0, 0.1) is 0 Å². The van der Waals surface area contributed by atoms with E-state index in [2.05, 4.69) is 0 Å². The molecule has 0 saturated carbocycles. The quantitative estimate of drug-likeness (QED) is 0.276. The first-order valence-electron chi connectivity index (χ1n) is 10.7. The van der Waals surface area contributed by atoms with Gasteiger partial charge in [-0.2, -0.15) is 0 Å². The molecule has 0 spiro atoms. The molecule has 3 aliphatic rings. The van der Waals surface area contributed by atoms with Crippen molar-refractivity contribution in [1.29, 1.82) is 0 Å². The molecule has 0 unspecified atom stereocenters. The first-order chi connectivity index (χ1) is 17.6. The molecule has 3 aliphatic heterocycles. The van der Waals surface area contributed by atoms with Gasteiger partial charge in [0.05, 0.1) is 0 Å². The predicted octanol–water partition coefficient (Wildman–Crippen LogP) is 4.18. The summed E-state index contributed by atoms with van der Waals surface area (Å²) in [7, 11) is 0. The first kappa shape index (κ1) is 26.5. The summed E-state index contributed by atoms with van der Waals surface area (Å²) in [5.74, 6) is -3.34. The van der Waals surface area contributed by atoms with Gasteiger partial charge in [-0.05, 0) is 0 Å². The van der Waals surface area contributed by atoms with Crippen LogP contribution in [0.3, 0.4) is 0 Å². The molecule has 0 atom stereocenters. The minimum absolute atomic E-state index is 0.0632. The van der Waals surface area contributed by atoms with Crippen LogP contribution in [0.1, 0.15) is 11.1 Å². The van der Waals surface area contributed by atoms with E-state index in [0.29, 0.717) is 21.9 Å². The molecule has 6 nitrogen and oxygen atoms in total. The van der Waals surface area contributed by atoms with Crippen LogP contribution in [0.2, 0.25) is 11.4 Å². The van der Waals surface area contributed by atoms with Gasteiger partial charge in [0.25, 0.3) is 0 Å². The third-order valence-electron chi connectivity index (χ3n) is 6.28. The molecule has 5 rings (SSSR count). The number of carbonyl (C=O) groups is 4. The van der Waals surface area contributed by atoms with Crippen molar-refractivity contribution in [2.45, 2.75) is 23.8 Å². The Morgan fingerprint density at radius 3 is 1.11 bits per heavy atom. The molecule has 4 amide bonds. The molecule has 0 fully saturated rings. The Labute approximate surface area is 220 Å².